The Morgan fingerprint density at radius 2 is 2.09 bits per heavy atom. The minimum Gasteiger partial charge on any atom is -0.459 e. The Kier molecular flexibility index (Phi) is 5.44. The molecule has 2 aromatic rings. The molecule has 0 radical (unpaired) electrons. The number of nitrogens with zero attached hydrogens (tertiary/aromatic N) is 1. The van der Waals surface area contributed by atoms with Gasteiger partial charge < -0.3 is 19.7 Å². The lowest BCUT2D eigenvalue weighted by Gasteiger charge is -2.25. The number of carbonyl (C=O) groups is 1. The van der Waals surface area contributed by atoms with E-state index in [9.17, 15) is 4.79 Å². The third kappa shape index (κ3) is 3.80. The van der Waals surface area contributed by atoms with E-state index in [-0.39, 0.29) is 24.7 Å². The van der Waals surface area contributed by atoms with Gasteiger partial charge in [-0.2, -0.15) is 0 Å². The maximum absolute atomic E-state index is 12.3. The maximum atomic E-state index is 12.3. The van der Waals surface area contributed by atoms with Crippen LogP contribution in [0.5, 0.6) is 0 Å². The summed E-state index contributed by atoms with van der Waals surface area (Å²) in [6.07, 6.45) is 1.44. The molecule has 2 amide bonds. The van der Waals surface area contributed by atoms with Crippen LogP contribution in [0.1, 0.15) is 38.5 Å². The summed E-state index contributed by atoms with van der Waals surface area (Å²) in [6, 6.07) is 9.51. The molecular formula is C17H24N2O3. The zero-order valence-electron chi connectivity index (χ0n) is 13.4. The summed E-state index contributed by atoms with van der Waals surface area (Å²) >= 11 is 0. The van der Waals surface area contributed by atoms with Crippen LogP contribution in [0.15, 0.2) is 34.7 Å². The number of aliphatic hydroxyl groups is 1. The van der Waals surface area contributed by atoms with Crippen LogP contribution in [0.3, 0.4) is 0 Å². The summed E-state index contributed by atoms with van der Waals surface area (Å²) in [4.78, 5) is 13.9. The highest BCUT2D eigenvalue weighted by Gasteiger charge is 2.21. The first-order valence-electron chi connectivity index (χ1n) is 7.65. The topological polar surface area (TPSA) is 65.7 Å². The van der Waals surface area contributed by atoms with Crippen molar-refractivity contribution in [2.24, 2.45) is 0 Å². The quantitative estimate of drug-likeness (QED) is 0.860. The van der Waals surface area contributed by atoms with Gasteiger partial charge in [-0.1, -0.05) is 18.2 Å². The molecule has 1 aromatic heterocycles. The first-order valence-corrected chi connectivity index (χ1v) is 7.65. The Labute approximate surface area is 130 Å². The van der Waals surface area contributed by atoms with E-state index in [1.807, 2.05) is 44.2 Å². The van der Waals surface area contributed by atoms with Crippen molar-refractivity contribution in [3.05, 3.63) is 36.1 Å². The molecule has 1 aromatic carbocycles. The number of para-hydroxylation sites is 1. The van der Waals surface area contributed by atoms with Crippen molar-refractivity contribution in [2.45, 2.75) is 38.8 Å². The molecule has 2 atom stereocenters. The van der Waals surface area contributed by atoms with E-state index in [2.05, 4.69) is 5.32 Å². The van der Waals surface area contributed by atoms with Gasteiger partial charge in [0, 0.05) is 25.1 Å². The number of benzene rings is 1. The molecule has 5 nitrogen and oxygen atoms in total. The molecule has 0 spiro atoms. The first-order chi connectivity index (χ1) is 10.5. The third-order valence-electron chi connectivity index (χ3n) is 3.92. The van der Waals surface area contributed by atoms with Crippen molar-refractivity contribution >= 4 is 17.0 Å². The summed E-state index contributed by atoms with van der Waals surface area (Å²) in [5.74, 6) is 0.766. The van der Waals surface area contributed by atoms with Crippen LogP contribution in [0.4, 0.5) is 4.79 Å². The van der Waals surface area contributed by atoms with Gasteiger partial charge in [0.25, 0.3) is 0 Å². The highest BCUT2D eigenvalue weighted by molar-refractivity contribution is 5.78. The second kappa shape index (κ2) is 7.31. The molecule has 22 heavy (non-hydrogen) atoms. The van der Waals surface area contributed by atoms with Crippen LogP contribution in [-0.4, -0.2) is 35.7 Å². The SMILES string of the molecule is CC(CCCO)NC(=O)N(C)C(C)c1cc2ccccc2o1. The minimum absolute atomic E-state index is 0.0324. The number of nitrogens with one attached hydrogen (secondary N) is 1. The zero-order chi connectivity index (χ0) is 16.1. The average Bonchev–Trinajstić information content (AvgIpc) is 2.95. The van der Waals surface area contributed by atoms with Gasteiger partial charge in [-0.15, -0.1) is 0 Å². The number of furan rings is 1. The number of hydrogen-bond donors (Lipinski definition) is 2. The lowest BCUT2D eigenvalue weighted by atomic mass is 10.2. The van der Waals surface area contributed by atoms with Gasteiger partial charge in [0.15, 0.2) is 0 Å². The monoisotopic (exact) mass is 304 g/mol. The summed E-state index contributed by atoms with van der Waals surface area (Å²) in [5, 5.41) is 12.8. The van der Waals surface area contributed by atoms with Gasteiger partial charge in [0.05, 0.1) is 6.04 Å². The van der Waals surface area contributed by atoms with Gasteiger partial charge >= 0.3 is 6.03 Å². The molecule has 0 aliphatic rings. The molecule has 0 saturated heterocycles. The minimum atomic E-state index is -0.155. The number of hydrogen-bond acceptors (Lipinski definition) is 3. The Bertz CT molecular complexity index is 590. The predicted octanol–water partition coefficient (Wildman–Crippen LogP) is 3.30. The second-order valence-corrected chi connectivity index (χ2v) is 5.69. The van der Waals surface area contributed by atoms with E-state index in [0.29, 0.717) is 6.42 Å². The first kappa shape index (κ1) is 16.4. The van der Waals surface area contributed by atoms with Crippen LogP contribution in [0.2, 0.25) is 0 Å². The maximum Gasteiger partial charge on any atom is 0.317 e. The Morgan fingerprint density at radius 1 is 1.36 bits per heavy atom. The predicted molar refractivity (Wildman–Crippen MR) is 86.7 cm³/mol. The lowest BCUT2D eigenvalue weighted by Crippen LogP contribution is -2.42. The molecule has 2 rings (SSSR count). The highest BCUT2D eigenvalue weighted by Crippen LogP contribution is 2.26. The van der Waals surface area contributed by atoms with Crippen LogP contribution < -0.4 is 5.32 Å². The molecule has 5 heteroatoms. The van der Waals surface area contributed by atoms with Gasteiger partial charge in [-0.3, -0.25) is 0 Å². The molecular weight excluding hydrogens is 280 g/mol. The second-order valence-electron chi connectivity index (χ2n) is 5.69. The molecule has 2 N–H and O–H groups in total. The van der Waals surface area contributed by atoms with Crippen molar-refractivity contribution in [3.8, 4) is 0 Å². The van der Waals surface area contributed by atoms with Crippen molar-refractivity contribution in [2.75, 3.05) is 13.7 Å². The van der Waals surface area contributed by atoms with Gasteiger partial charge in [0.2, 0.25) is 0 Å². The summed E-state index contributed by atoms with van der Waals surface area (Å²) in [6.45, 7) is 4.02. The molecule has 2 unspecified atom stereocenters. The normalized spacial score (nSPS) is 13.8. The van der Waals surface area contributed by atoms with E-state index < -0.39 is 0 Å². The smallest absolute Gasteiger partial charge is 0.317 e. The molecule has 0 fully saturated rings. The van der Waals surface area contributed by atoms with Gasteiger partial charge in [-0.25, -0.2) is 4.79 Å². The van der Waals surface area contributed by atoms with Gasteiger partial charge in [0.1, 0.15) is 11.3 Å². The number of rotatable bonds is 6. The number of fused-ring (bicyclic) bond motifs is 1. The molecule has 0 saturated carbocycles. The summed E-state index contributed by atoms with van der Waals surface area (Å²) in [5.41, 5.74) is 0.828. The Balaban J connectivity index is 2.01. The highest BCUT2D eigenvalue weighted by atomic mass is 16.3. The van der Waals surface area contributed by atoms with Gasteiger partial charge in [-0.05, 0) is 38.8 Å². The van der Waals surface area contributed by atoms with Crippen LogP contribution in [-0.2, 0) is 0 Å². The van der Waals surface area contributed by atoms with Crippen molar-refractivity contribution in [1.82, 2.24) is 10.2 Å². The number of carbonyl (C=O) groups excluding carboxylic acids is 1. The molecule has 0 bridgehead atoms. The number of amides is 2. The van der Waals surface area contributed by atoms with E-state index in [0.717, 1.165) is 23.2 Å². The Morgan fingerprint density at radius 3 is 2.77 bits per heavy atom. The van der Waals surface area contributed by atoms with Crippen LogP contribution >= 0.6 is 0 Å². The molecule has 0 aliphatic carbocycles. The van der Waals surface area contributed by atoms with Crippen molar-refractivity contribution < 1.29 is 14.3 Å². The van der Waals surface area contributed by atoms with Crippen LogP contribution in [0.25, 0.3) is 11.0 Å². The largest absolute Gasteiger partial charge is 0.459 e. The molecule has 1 heterocycles. The fourth-order valence-corrected chi connectivity index (χ4v) is 2.36. The van der Waals surface area contributed by atoms with E-state index in [4.69, 9.17) is 9.52 Å². The van der Waals surface area contributed by atoms with E-state index in [1.165, 1.54) is 0 Å². The summed E-state index contributed by atoms with van der Waals surface area (Å²) in [7, 11) is 1.76. The molecule has 120 valence electrons. The number of urea groups is 1. The van der Waals surface area contributed by atoms with Crippen molar-refractivity contribution in [1.29, 1.82) is 0 Å². The van der Waals surface area contributed by atoms with E-state index in [1.54, 1.807) is 11.9 Å². The summed E-state index contributed by atoms with van der Waals surface area (Å²) < 4.78 is 5.82. The zero-order valence-corrected chi connectivity index (χ0v) is 13.4. The lowest BCUT2D eigenvalue weighted by molar-refractivity contribution is 0.183. The third-order valence-corrected chi connectivity index (χ3v) is 3.92. The van der Waals surface area contributed by atoms with Crippen molar-refractivity contribution in [3.63, 3.8) is 0 Å². The number of aliphatic hydroxyl groups excluding tert-OH is 1. The van der Waals surface area contributed by atoms with Crippen LogP contribution in [0, 0.1) is 0 Å². The fraction of sp³-hybridized carbons (Fsp3) is 0.471. The fourth-order valence-electron chi connectivity index (χ4n) is 2.36. The van der Waals surface area contributed by atoms with E-state index >= 15 is 0 Å². The average molecular weight is 304 g/mol. The molecule has 0 aliphatic heterocycles. The Hall–Kier alpha value is -2.01. The standard InChI is InChI=1S/C17H24N2O3/c1-12(7-6-10-20)18-17(21)19(3)13(2)16-11-14-8-4-5-9-15(14)22-16/h4-5,8-9,11-13,20H,6-7,10H2,1-3H3,(H,18,21).